The number of carbonyl (C=O) groups excluding carboxylic acids is 1. The Kier molecular flexibility index (Phi) is 5.33. The topological polar surface area (TPSA) is 33.5 Å². The lowest BCUT2D eigenvalue weighted by molar-refractivity contribution is -0.132. The van der Waals surface area contributed by atoms with Crippen molar-refractivity contribution in [1.29, 1.82) is 0 Å². The highest BCUT2D eigenvalue weighted by Crippen LogP contribution is 2.29. The molecule has 0 aliphatic heterocycles. The van der Waals surface area contributed by atoms with Crippen LogP contribution in [0.1, 0.15) is 49.0 Å². The minimum atomic E-state index is 0.265. The molecule has 0 atom stereocenters. The van der Waals surface area contributed by atoms with Crippen LogP contribution in [0.15, 0.2) is 40.5 Å². The molecule has 0 spiro atoms. The van der Waals surface area contributed by atoms with E-state index in [1.165, 1.54) is 30.6 Å². The van der Waals surface area contributed by atoms with Crippen molar-refractivity contribution in [2.45, 2.75) is 51.6 Å². The van der Waals surface area contributed by atoms with Crippen molar-refractivity contribution < 1.29 is 9.21 Å². The van der Waals surface area contributed by atoms with Crippen LogP contribution in [0.25, 0.3) is 0 Å². The fraction of sp³-hybridized carbons (Fsp3) is 0.500. The molecule has 0 aromatic carbocycles. The molecule has 1 aliphatic rings. The number of hydrogen-bond acceptors (Lipinski definition) is 3. The number of thiophene rings is 1. The van der Waals surface area contributed by atoms with Gasteiger partial charge in [-0.1, -0.05) is 31.7 Å². The van der Waals surface area contributed by atoms with E-state index in [1.54, 1.807) is 23.9 Å². The molecule has 0 bridgehead atoms. The van der Waals surface area contributed by atoms with E-state index >= 15 is 0 Å². The maximum atomic E-state index is 12.7. The fourth-order valence-electron chi connectivity index (χ4n) is 3.21. The van der Waals surface area contributed by atoms with Gasteiger partial charge in [0.15, 0.2) is 0 Å². The van der Waals surface area contributed by atoms with Gasteiger partial charge in [-0.2, -0.15) is 0 Å². The second kappa shape index (κ2) is 7.63. The Balaban J connectivity index is 1.59. The minimum absolute atomic E-state index is 0.265. The molecule has 4 heteroatoms. The smallest absolute Gasteiger partial charge is 0.223 e. The van der Waals surface area contributed by atoms with Crippen LogP contribution in [-0.4, -0.2) is 10.8 Å². The third-order valence-corrected chi connectivity index (χ3v) is 5.34. The van der Waals surface area contributed by atoms with Crippen LogP contribution < -0.4 is 0 Å². The summed E-state index contributed by atoms with van der Waals surface area (Å²) < 4.78 is 5.14. The van der Waals surface area contributed by atoms with E-state index in [0.29, 0.717) is 19.5 Å². The van der Waals surface area contributed by atoms with Crippen LogP contribution in [0.2, 0.25) is 0 Å². The van der Waals surface area contributed by atoms with E-state index in [1.807, 2.05) is 17.0 Å². The lowest BCUT2D eigenvalue weighted by Crippen LogP contribution is -2.29. The van der Waals surface area contributed by atoms with Gasteiger partial charge in [0, 0.05) is 23.4 Å². The Bertz CT molecular complexity index is 520. The molecular formula is C18H23NO2S. The quantitative estimate of drug-likeness (QED) is 0.732. The lowest BCUT2D eigenvalue weighted by Gasteiger charge is -2.22. The molecule has 22 heavy (non-hydrogen) atoms. The zero-order chi connectivity index (χ0) is 15.2. The van der Waals surface area contributed by atoms with Crippen LogP contribution in [-0.2, 0) is 17.9 Å². The predicted octanol–water partition coefficient (Wildman–Crippen LogP) is 4.84. The Morgan fingerprint density at radius 2 is 2.14 bits per heavy atom. The summed E-state index contributed by atoms with van der Waals surface area (Å²) in [7, 11) is 0. The molecule has 1 saturated carbocycles. The molecule has 0 radical (unpaired) electrons. The molecule has 2 heterocycles. The fourth-order valence-corrected chi connectivity index (χ4v) is 3.93. The number of nitrogens with zero attached hydrogens (tertiary/aromatic N) is 1. The van der Waals surface area contributed by atoms with E-state index in [2.05, 4.69) is 11.4 Å². The van der Waals surface area contributed by atoms with Gasteiger partial charge in [-0.15, -0.1) is 11.3 Å². The molecular weight excluding hydrogens is 294 g/mol. The van der Waals surface area contributed by atoms with Gasteiger partial charge in [0.05, 0.1) is 19.1 Å². The van der Waals surface area contributed by atoms with Crippen molar-refractivity contribution in [2.24, 2.45) is 5.92 Å². The average Bonchev–Trinajstić information content (AvgIpc) is 3.27. The standard InChI is InChI=1S/C18H23NO2S/c20-18(8-7-15-4-1-2-5-15)19(12-16-9-10-21-14-16)13-17-6-3-11-22-17/h3,6,9-11,14-15H,1-2,4-5,7-8,12-13H2. The van der Waals surface area contributed by atoms with Gasteiger partial charge in [0.1, 0.15) is 0 Å². The largest absolute Gasteiger partial charge is 0.472 e. The predicted molar refractivity (Wildman–Crippen MR) is 88.5 cm³/mol. The maximum absolute atomic E-state index is 12.7. The maximum Gasteiger partial charge on any atom is 0.223 e. The number of rotatable bonds is 7. The highest BCUT2D eigenvalue weighted by molar-refractivity contribution is 7.09. The highest BCUT2D eigenvalue weighted by Gasteiger charge is 2.20. The molecule has 0 unspecified atom stereocenters. The average molecular weight is 317 g/mol. The summed E-state index contributed by atoms with van der Waals surface area (Å²) in [6, 6.07) is 6.07. The molecule has 3 nitrogen and oxygen atoms in total. The van der Waals surface area contributed by atoms with E-state index in [9.17, 15) is 4.79 Å². The second-order valence-corrected chi connectivity index (χ2v) is 7.18. The molecule has 118 valence electrons. The van der Waals surface area contributed by atoms with E-state index in [-0.39, 0.29) is 5.91 Å². The number of furan rings is 1. The van der Waals surface area contributed by atoms with Crippen LogP contribution >= 0.6 is 11.3 Å². The van der Waals surface area contributed by atoms with Gasteiger partial charge in [-0.05, 0) is 29.9 Å². The third kappa shape index (κ3) is 4.23. The Morgan fingerprint density at radius 3 is 2.82 bits per heavy atom. The number of hydrogen-bond donors (Lipinski definition) is 0. The summed E-state index contributed by atoms with van der Waals surface area (Å²) in [5.74, 6) is 1.03. The zero-order valence-electron chi connectivity index (χ0n) is 12.9. The SMILES string of the molecule is O=C(CCC1CCCC1)N(Cc1ccoc1)Cc1cccs1. The molecule has 3 rings (SSSR count). The first-order chi connectivity index (χ1) is 10.8. The summed E-state index contributed by atoms with van der Waals surface area (Å²) in [5, 5.41) is 2.06. The first kappa shape index (κ1) is 15.3. The normalized spacial score (nSPS) is 15.3. The van der Waals surface area contributed by atoms with Gasteiger partial charge in [-0.3, -0.25) is 4.79 Å². The van der Waals surface area contributed by atoms with Crippen LogP contribution in [0.3, 0.4) is 0 Å². The van der Waals surface area contributed by atoms with Crippen molar-refractivity contribution in [3.8, 4) is 0 Å². The van der Waals surface area contributed by atoms with Crippen molar-refractivity contribution in [2.75, 3.05) is 0 Å². The summed E-state index contributed by atoms with van der Waals surface area (Å²) in [5.41, 5.74) is 1.06. The van der Waals surface area contributed by atoms with Crippen molar-refractivity contribution in [3.63, 3.8) is 0 Å². The van der Waals surface area contributed by atoms with Gasteiger partial charge < -0.3 is 9.32 Å². The van der Waals surface area contributed by atoms with Crippen LogP contribution in [0.5, 0.6) is 0 Å². The summed E-state index contributed by atoms with van der Waals surface area (Å²) in [6.07, 6.45) is 10.4. The van der Waals surface area contributed by atoms with E-state index in [0.717, 1.165) is 17.9 Å². The van der Waals surface area contributed by atoms with Gasteiger partial charge >= 0.3 is 0 Å². The molecule has 1 amide bonds. The van der Waals surface area contributed by atoms with Gasteiger partial charge in [-0.25, -0.2) is 0 Å². The molecule has 2 aromatic rings. The van der Waals surface area contributed by atoms with Gasteiger partial charge in [0.2, 0.25) is 5.91 Å². The lowest BCUT2D eigenvalue weighted by atomic mass is 10.0. The van der Waals surface area contributed by atoms with E-state index < -0.39 is 0 Å². The number of amides is 1. The summed E-state index contributed by atoms with van der Waals surface area (Å²) in [4.78, 5) is 15.9. The minimum Gasteiger partial charge on any atom is -0.472 e. The Labute approximate surface area is 135 Å². The van der Waals surface area contributed by atoms with Crippen LogP contribution in [0, 0.1) is 5.92 Å². The Morgan fingerprint density at radius 1 is 1.27 bits per heavy atom. The van der Waals surface area contributed by atoms with Crippen molar-refractivity contribution >= 4 is 17.2 Å². The van der Waals surface area contributed by atoms with E-state index in [4.69, 9.17) is 4.42 Å². The first-order valence-corrected chi connectivity index (χ1v) is 9.00. The number of carbonyl (C=O) groups is 1. The molecule has 0 N–H and O–H groups in total. The highest BCUT2D eigenvalue weighted by atomic mass is 32.1. The molecule has 2 aromatic heterocycles. The second-order valence-electron chi connectivity index (χ2n) is 6.15. The first-order valence-electron chi connectivity index (χ1n) is 8.12. The molecule has 1 fully saturated rings. The monoisotopic (exact) mass is 317 g/mol. The van der Waals surface area contributed by atoms with Gasteiger partial charge in [0.25, 0.3) is 0 Å². The van der Waals surface area contributed by atoms with Crippen LogP contribution in [0.4, 0.5) is 0 Å². The zero-order valence-corrected chi connectivity index (χ0v) is 13.7. The third-order valence-electron chi connectivity index (χ3n) is 4.47. The molecule has 1 aliphatic carbocycles. The Hall–Kier alpha value is -1.55. The summed E-state index contributed by atoms with van der Waals surface area (Å²) >= 11 is 1.71. The molecule has 0 saturated heterocycles. The van der Waals surface area contributed by atoms with Crippen molar-refractivity contribution in [3.05, 3.63) is 46.5 Å². The summed E-state index contributed by atoms with van der Waals surface area (Å²) in [6.45, 7) is 1.34. The van der Waals surface area contributed by atoms with Crippen molar-refractivity contribution in [1.82, 2.24) is 4.90 Å².